The van der Waals surface area contributed by atoms with Crippen molar-refractivity contribution in [1.82, 2.24) is 0 Å². The third kappa shape index (κ3) is 1.11. The maximum Gasteiger partial charge on any atom is 0.187 e. The van der Waals surface area contributed by atoms with E-state index in [1.807, 2.05) is 0 Å². The van der Waals surface area contributed by atoms with Gasteiger partial charge < -0.3 is 9.94 Å². The lowest BCUT2D eigenvalue weighted by atomic mass is 9.97. The maximum atomic E-state index is 10.9. The molecule has 1 aromatic heterocycles. The van der Waals surface area contributed by atoms with Gasteiger partial charge in [0.15, 0.2) is 12.4 Å². The van der Waals surface area contributed by atoms with Gasteiger partial charge in [-0.25, -0.2) is 0 Å². The second kappa shape index (κ2) is 2.66. The van der Waals surface area contributed by atoms with Crippen LogP contribution < -0.4 is 9.47 Å². The van der Waals surface area contributed by atoms with E-state index in [2.05, 4.69) is 6.92 Å². The van der Waals surface area contributed by atoms with Gasteiger partial charge in [0.1, 0.15) is 5.75 Å². The van der Waals surface area contributed by atoms with Crippen molar-refractivity contribution in [2.75, 3.05) is 6.61 Å². The largest absolute Gasteiger partial charge is 0.619 e. The fourth-order valence-corrected chi connectivity index (χ4v) is 1.48. The van der Waals surface area contributed by atoms with Crippen molar-refractivity contribution in [3.05, 3.63) is 29.2 Å². The molecule has 3 nitrogen and oxygen atoms in total. The molecular formula is C9H11NO2. The summed E-state index contributed by atoms with van der Waals surface area (Å²) in [6.45, 7) is 2.87. The number of hydrogen-bond donors (Lipinski definition) is 0. The van der Waals surface area contributed by atoms with Crippen molar-refractivity contribution >= 4 is 0 Å². The Labute approximate surface area is 71.2 Å². The second-order valence-corrected chi connectivity index (χ2v) is 3.16. The van der Waals surface area contributed by atoms with Crippen LogP contribution in [-0.4, -0.2) is 6.61 Å². The normalized spacial score (nSPS) is 21.2. The molecule has 0 saturated carbocycles. The summed E-state index contributed by atoms with van der Waals surface area (Å²) in [5.41, 5.74) is 1.03. The fraction of sp³-hybridized carbons (Fsp3) is 0.444. The van der Waals surface area contributed by atoms with Crippen molar-refractivity contribution in [3.63, 3.8) is 0 Å². The molecule has 2 heterocycles. The monoisotopic (exact) mass is 165 g/mol. The van der Waals surface area contributed by atoms with Gasteiger partial charge in [-0.2, -0.15) is 4.73 Å². The Morgan fingerprint density at radius 1 is 1.67 bits per heavy atom. The van der Waals surface area contributed by atoms with Crippen LogP contribution in [0.5, 0.6) is 5.75 Å². The van der Waals surface area contributed by atoms with Gasteiger partial charge in [0.2, 0.25) is 0 Å². The van der Waals surface area contributed by atoms with Crippen LogP contribution in [0, 0.1) is 5.21 Å². The number of rotatable bonds is 0. The van der Waals surface area contributed by atoms with Crippen LogP contribution in [0.25, 0.3) is 0 Å². The molecule has 0 N–H and O–H groups in total. The van der Waals surface area contributed by atoms with Crippen molar-refractivity contribution in [2.45, 2.75) is 19.3 Å². The van der Waals surface area contributed by atoms with Gasteiger partial charge >= 0.3 is 0 Å². The van der Waals surface area contributed by atoms with Crippen LogP contribution in [0.1, 0.15) is 24.8 Å². The molecule has 0 saturated heterocycles. The van der Waals surface area contributed by atoms with Gasteiger partial charge in [-0.3, -0.25) is 0 Å². The standard InChI is InChI=1S/C9H11NO2/c1-7-3-5-12-9-2-4-10(11)6-8(7)9/h2,4,6-7H,3,5H2,1H3. The number of aromatic nitrogens is 1. The lowest BCUT2D eigenvalue weighted by molar-refractivity contribution is -0.606. The quantitative estimate of drug-likeness (QED) is 0.428. The SMILES string of the molecule is CC1CCOc2cc[n+]([O-])cc21. The Bertz CT molecular complexity index is 299. The third-order valence-corrected chi connectivity index (χ3v) is 2.26. The highest BCUT2D eigenvalue weighted by molar-refractivity contribution is 5.32. The minimum absolute atomic E-state index is 0.440. The van der Waals surface area contributed by atoms with Crippen LogP contribution in [-0.2, 0) is 0 Å². The second-order valence-electron chi connectivity index (χ2n) is 3.16. The summed E-state index contributed by atoms with van der Waals surface area (Å²) in [6.07, 6.45) is 4.06. The van der Waals surface area contributed by atoms with Crippen molar-refractivity contribution < 1.29 is 9.47 Å². The molecule has 3 heteroatoms. The highest BCUT2D eigenvalue weighted by Gasteiger charge is 2.19. The Morgan fingerprint density at radius 2 is 2.50 bits per heavy atom. The topological polar surface area (TPSA) is 36.2 Å². The lowest BCUT2D eigenvalue weighted by Gasteiger charge is -2.21. The van der Waals surface area contributed by atoms with E-state index in [9.17, 15) is 5.21 Å². The molecule has 0 aromatic carbocycles. The van der Waals surface area contributed by atoms with Crippen LogP contribution >= 0.6 is 0 Å². The molecule has 1 aromatic rings. The van der Waals surface area contributed by atoms with E-state index < -0.39 is 0 Å². The smallest absolute Gasteiger partial charge is 0.187 e. The first-order chi connectivity index (χ1) is 5.77. The Morgan fingerprint density at radius 3 is 3.33 bits per heavy atom. The van der Waals surface area contributed by atoms with E-state index in [1.165, 1.54) is 6.20 Å². The summed E-state index contributed by atoms with van der Waals surface area (Å²) in [7, 11) is 0. The molecule has 0 aliphatic carbocycles. The maximum absolute atomic E-state index is 10.9. The van der Waals surface area contributed by atoms with E-state index >= 15 is 0 Å². The zero-order valence-corrected chi connectivity index (χ0v) is 6.99. The Kier molecular flexibility index (Phi) is 1.64. The molecule has 0 fully saturated rings. The first-order valence-electron chi connectivity index (χ1n) is 4.13. The minimum Gasteiger partial charge on any atom is -0.619 e. The molecule has 12 heavy (non-hydrogen) atoms. The summed E-state index contributed by atoms with van der Waals surface area (Å²) in [5, 5.41) is 10.9. The van der Waals surface area contributed by atoms with Gasteiger partial charge in [-0.05, 0) is 12.3 Å². The van der Waals surface area contributed by atoms with Crippen LogP contribution in [0.3, 0.4) is 0 Å². The number of hydrogen-bond acceptors (Lipinski definition) is 2. The van der Waals surface area contributed by atoms with E-state index in [-0.39, 0.29) is 0 Å². The summed E-state index contributed by atoms with van der Waals surface area (Å²) >= 11 is 0. The van der Waals surface area contributed by atoms with Crippen LogP contribution in [0.4, 0.5) is 0 Å². The van der Waals surface area contributed by atoms with E-state index in [4.69, 9.17) is 4.74 Å². The highest BCUT2D eigenvalue weighted by Crippen LogP contribution is 2.31. The van der Waals surface area contributed by atoms with Gasteiger partial charge in [0, 0.05) is 6.07 Å². The summed E-state index contributed by atoms with van der Waals surface area (Å²) in [5.74, 6) is 1.30. The predicted octanol–water partition coefficient (Wildman–Crippen LogP) is 1.21. The first kappa shape index (κ1) is 7.40. The third-order valence-electron chi connectivity index (χ3n) is 2.26. The van der Waals surface area contributed by atoms with Gasteiger partial charge in [0.25, 0.3) is 0 Å². The molecule has 1 atom stereocenters. The van der Waals surface area contributed by atoms with Crippen molar-refractivity contribution in [1.29, 1.82) is 0 Å². The van der Waals surface area contributed by atoms with E-state index in [0.29, 0.717) is 5.92 Å². The van der Waals surface area contributed by atoms with Crippen molar-refractivity contribution in [2.24, 2.45) is 0 Å². The minimum atomic E-state index is 0.440. The molecule has 64 valence electrons. The molecule has 0 amide bonds. The molecule has 0 spiro atoms. The van der Waals surface area contributed by atoms with E-state index in [1.54, 1.807) is 12.3 Å². The lowest BCUT2D eigenvalue weighted by Crippen LogP contribution is -2.27. The number of fused-ring (bicyclic) bond motifs is 1. The molecule has 0 radical (unpaired) electrons. The zero-order chi connectivity index (χ0) is 8.55. The van der Waals surface area contributed by atoms with E-state index in [0.717, 1.165) is 29.1 Å². The predicted molar refractivity (Wildman–Crippen MR) is 43.9 cm³/mol. The van der Waals surface area contributed by atoms with Gasteiger partial charge in [0.05, 0.1) is 12.2 Å². The Balaban J connectivity index is 2.47. The van der Waals surface area contributed by atoms with Crippen molar-refractivity contribution in [3.8, 4) is 5.75 Å². The average molecular weight is 165 g/mol. The highest BCUT2D eigenvalue weighted by atomic mass is 16.5. The molecule has 1 unspecified atom stereocenters. The zero-order valence-electron chi connectivity index (χ0n) is 6.99. The molecule has 2 rings (SSSR count). The fourth-order valence-electron chi connectivity index (χ4n) is 1.48. The number of ether oxygens (including phenoxy) is 1. The Hall–Kier alpha value is -1.25. The summed E-state index contributed by atoms with van der Waals surface area (Å²) in [4.78, 5) is 0. The number of pyridine rings is 1. The molecule has 1 aliphatic heterocycles. The first-order valence-corrected chi connectivity index (χ1v) is 4.13. The van der Waals surface area contributed by atoms with Crippen LogP contribution in [0.15, 0.2) is 18.5 Å². The molecule has 0 bridgehead atoms. The van der Waals surface area contributed by atoms with Gasteiger partial charge in [-0.1, -0.05) is 6.92 Å². The number of nitrogens with zero attached hydrogens (tertiary/aromatic N) is 1. The average Bonchev–Trinajstić information content (AvgIpc) is 2.07. The molecular weight excluding hydrogens is 154 g/mol. The summed E-state index contributed by atoms with van der Waals surface area (Å²) in [6, 6.07) is 1.73. The van der Waals surface area contributed by atoms with Gasteiger partial charge in [-0.15, -0.1) is 0 Å². The van der Waals surface area contributed by atoms with Crippen LogP contribution in [0.2, 0.25) is 0 Å². The molecule has 1 aliphatic rings. The summed E-state index contributed by atoms with van der Waals surface area (Å²) < 4.78 is 6.22.